The average molecular weight is 443 g/mol. The van der Waals surface area contributed by atoms with Gasteiger partial charge in [0.2, 0.25) is 0 Å². The molecule has 0 aliphatic heterocycles. The minimum atomic E-state index is -0.499. The molecule has 1 saturated carbocycles. The van der Waals surface area contributed by atoms with Gasteiger partial charge in [-0.2, -0.15) is 0 Å². The third kappa shape index (κ3) is 3.93. The molecule has 1 amide bonds. The van der Waals surface area contributed by atoms with Gasteiger partial charge in [-0.15, -0.1) is 0 Å². The molecule has 2 aromatic rings. The molecule has 2 aromatic carbocycles. The van der Waals surface area contributed by atoms with Crippen molar-refractivity contribution in [3.05, 3.63) is 62.8 Å². The van der Waals surface area contributed by atoms with Crippen LogP contribution >= 0.6 is 31.9 Å². The fraction of sp³-hybridized carbons (Fsp3) is 0.235. The topological polar surface area (TPSA) is 38.3 Å². The molecule has 0 saturated heterocycles. The molecule has 0 spiro atoms. The number of nitrogens with one attached hydrogen (secondary N) is 1. The lowest BCUT2D eigenvalue weighted by molar-refractivity contribution is -0.124. The van der Waals surface area contributed by atoms with Crippen LogP contribution in [0.3, 0.4) is 0 Å². The molecule has 0 aromatic heterocycles. The van der Waals surface area contributed by atoms with Crippen molar-refractivity contribution in [1.29, 1.82) is 0 Å². The Bertz CT molecular complexity index is 730. The molecule has 0 heterocycles. The highest BCUT2D eigenvalue weighted by atomic mass is 79.9. The molecule has 6 heteroatoms. The van der Waals surface area contributed by atoms with Crippen molar-refractivity contribution in [2.24, 2.45) is 0 Å². The summed E-state index contributed by atoms with van der Waals surface area (Å²) in [6.45, 7) is -0.211. The largest absolute Gasteiger partial charge is 0.481 e. The van der Waals surface area contributed by atoms with Crippen molar-refractivity contribution >= 4 is 37.8 Å². The Morgan fingerprint density at radius 1 is 1.13 bits per heavy atom. The van der Waals surface area contributed by atoms with Gasteiger partial charge in [0.15, 0.2) is 18.2 Å². The van der Waals surface area contributed by atoms with Gasteiger partial charge in [-0.3, -0.25) is 4.79 Å². The number of halogens is 3. The third-order valence-electron chi connectivity index (χ3n) is 3.78. The number of carbonyl (C=O) groups is 1. The van der Waals surface area contributed by atoms with Crippen molar-refractivity contribution in [2.75, 3.05) is 6.61 Å². The van der Waals surface area contributed by atoms with Crippen LogP contribution in [-0.4, -0.2) is 12.5 Å². The number of amides is 1. The summed E-state index contributed by atoms with van der Waals surface area (Å²) in [5.41, 5.74) is 0.767. The molecule has 120 valence electrons. The first-order valence-corrected chi connectivity index (χ1v) is 8.72. The molecule has 1 aliphatic carbocycles. The van der Waals surface area contributed by atoms with E-state index in [4.69, 9.17) is 4.74 Å². The van der Waals surface area contributed by atoms with Crippen molar-refractivity contribution in [3.8, 4) is 5.75 Å². The maximum Gasteiger partial charge on any atom is 0.258 e. The van der Waals surface area contributed by atoms with E-state index in [-0.39, 0.29) is 23.8 Å². The Morgan fingerprint density at radius 3 is 2.39 bits per heavy atom. The molecule has 3 rings (SSSR count). The van der Waals surface area contributed by atoms with E-state index < -0.39 is 5.82 Å². The Kier molecular flexibility index (Phi) is 4.73. The van der Waals surface area contributed by atoms with Gasteiger partial charge in [-0.05, 0) is 48.7 Å². The molecular weight excluding hydrogens is 429 g/mol. The molecular formula is C17H14Br2FNO2. The highest BCUT2D eigenvalue weighted by molar-refractivity contribution is 9.10. The standard InChI is InChI=1S/C17H14Br2FNO2/c18-12-3-1-11(2-4-12)17(7-8-17)21-16(22)10-23-15-6-5-13(19)9-14(15)20/h1-6,9H,7-8,10H2,(H,21,22). The zero-order valence-electron chi connectivity index (χ0n) is 12.1. The van der Waals surface area contributed by atoms with Crippen LogP contribution in [0.1, 0.15) is 18.4 Å². The zero-order valence-corrected chi connectivity index (χ0v) is 15.3. The molecule has 1 N–H and O–H groups in total. The van der Waals surface area contributed by atoms with Crippen LogP contribution in [0.5, 0.6) is 5.75 Å². The molecule has 0 atom stereocenters. The van der Waals surface area contributed by atoms with Gasteiger partial charge in [0.1, 0.15) is 0 Å². The molecule has 1 fully saturated rings. The Labute approximate surface area is 150 Å². The van der Waals surface area contributed by atoms with E-state index in [1.54, 1.807) is 6.07 Å². The number of rotatable bonds is 5. The maximum absolute atomic E-state index is 13.7. The van der Waals surface area contributed by atoms with E-state index in [9.17, 15) is 9.18 Å². The zero-order chi connectivity index (χ0) is 16.4. The van der Waals surface area contributed by atoms with Crippen LogP contribution in [0.25, 0.3) is 0 Å². The minimum Gasteiger partial charge on any atom is -0.481 e. The Morgan fingerprint density at radius 2 is 1.78 bits per heavy atom. The van der Waals surface area contributed by atoms with Gasteiger partial charge in [0.25, 0.3) is 5.91 Å². The first kappa shape index (κ1) is 16.5. The van der Waals surface area contributed by atoms with Crippen molar-refractivity contribution in [1.82, 2.24) is 5.32 Å². The lowest BCUT2D eigenvalue weighted by Crippen LogP contribution is -2.38. The first-order valence-electron chi connectivity index (χ1n) is 7.13. The lowest BCUT2D eigenvalue weighted by atomic mass is 10.1. The first-order chi connectivity index (χ1) is 11.0. The fourth-order valence-corrected chi connectivity index (χ4v) is 3.02. The second kappa shape index (κ2) is 6.61. The average Bonchev–Trinajstić information content (AvgIpc) is 3.27. The summed E-state index contributed by atoms with van der Waals surface area (Å²) < 4.78 is 20.6. The summed E-state index contributed by atoms with van der Waals surface area (Å²) in [6, 6.07) is 12.4. The molecule has 23 heavy (non-hydrogen) atoms. The highest BCUT2D eigenvalue weighted by Crippen LogP contribution is 2.45. The van der Waals surface area contributed by atoms with E-state index in [2.05, 4.69) is 37.2 Å². The second-order valence-corrected chi connectivity index (χ2v) is 7.33. The smallest absolute Gasteiger partial charge is 0.258 e. The summed E-state index contributed by atoms with van der Waals surface area (Å²) >= 11 is 6.58. The van der Waals surface area contributed by atoms with Crippen LogP contribution in [0.15, 0.2) is 51.4 Å². The molecule has 0 radical (unpaired) electrons. The van der Waals surface area contributed by atoms with Crippen LogP contribution in [0, 0.1) is 5.82 Å². The van der Waals surface area contributed by atoms with Gasteiger partial charge in [0.05, 0.1) is 5.54 Å². The van der Waals surface area contributed by atoms with E-state index in [0.717, 1.165) is 22.9 Å². The predicted molar refractivity (Wildman–Crippen MR) is 92.8 cm³/mol. The van der Waals surface area contributed by atoms with Gasteiger partial charge >= 0.3 is 0 Å². The van der Waals surface area contributed by atoms with Crippen LogP contribution in [0.4, 0.5) is 4.39 Å². The number of hydrogen-bond acceptors (Lipinski definition) is 2. The molecule has 0 bridgehead atoms. The lowest BCUT2D eigenvalue weighted by Gasteiger charge is -2.18. The Balaban J connectivity index is 1.60. The molecule has 0 unspecified atom stereocenters. The van der Waals surface area contributed by atoms with Crippen molar-refractivity contribution < 1.29 is 13.9 Å². The van der Waals surface area contributed by atoms with Crippen LogP contribution in [-0.2, 0) is 10.3 Å². The number of benzene rings is 2. The number of hydrogen-bond donors (Lipinski definition) is 1. The normalized spacial score (nSPS) is 15.1. The second-order valence-electron chi connectivity index (χ2n) is 5.50. The van der Waals surface area contributed by atoms with E-state index in [1.807, 2.05) is 24.3 Å². The van der Waals surface area contributed by atoms with Crippen molar-refractivity contribution in [2.45, 2.75) is 18.4 Å². The van der Waals surface area contributed by atoms with E-state index >= 15 is 0 Å². The Hall–Kier alpha value is -1.40. The third-order valence-corrected chi connectivity index (χ3v) is 4.80. The summed E-state index contributed by atoms with van der Waals surface area (Å²) in [5, 5.41) is 2.99. The van der Waals surface area contributed by atoms with Gasteiger partial charge < -0.3 is 10.1 Å². The SMILES string of the molecule is O=C(COc1ccc(Br)cc1F)NC1(c2ccc(Br)cc2)CC1. The quantitative estimate of drug-likeness (QED) is 0.738. The predicted octanol–water partition coefficient (Wildman–Crippen LogP) is 4.54. The summed E-state index contributed by atoms with van der Waals surface area (Å²) in [5.74, 6) is -0.689. The minimum absolute atomic E-state index is 0.0665. The molecule has 1 aliphatic rings. The van der Waals surface area contributed by atoms with Crippen LogP contribution in [0.2, 0.25) is 0 Å². The van der Waals surface area contributed by atoms with Gasteiger partial charge in [-0.25, -0.2) is 4.39 Å². The monoisotopic (exact) mass is 441 g/mol. The summed E-state index contributed by atoms with van der Waals surface area (Å²) in [4.78, 5) is 12.1. The van der Waals surface area contributed by atoms with Gasteiger partial charge in [0, 0.05) is 8.95 Å². The molecule has 3 nitrogen and oxygen atoms in total. The summed E-state index contributed by atoms with van der Waals surface area (Å²) in [6.07, 6.45) is 1.79. The highest BCUT2D eigenvalue weighted by Gasteiger charge is 2.45. The van der Waals surface area contributed by atoms with Crippen molar-refractivity contribution in [3.63, 3.8) is 0 Å². The maximum atomic E-state index is 13.7. The van der Waals surface area contributed by atoms with Gasteiger partial charge in [-0.1, -0.05) is 44.0 Å². The van der Waals surface area contributed by atoms with Crippen LogP contribution < -0.4 is 10.1 Å². The number of ether oxygens (including phenoxy) is 1. The summed E-state index contributed by atoms with van der Waals surface area (Å²) in [7, 11) is 0. The van der Waals surface area contributed by atoms with E-state index in [0.29, 0.717) is 4.47 Å². The van der Waals surface area contributed by atoms with E-state index in [1.165, 1.54) is 12.1 Å². The number of carbonyl (C=O) groups excluding carboxylic acids is 1. The fourth-order valence-electron chi connectivity index (χ4n) is 2.42.